The highest BCUT2D eigenvalue weighted by atomic mass is 16.5. The van der Waals surface area contributed by atoms with E-state index in [1.165, 1.54) is 12.1 Å². The summed E-state index contributed by atoms with van der Waals surface area (Å²) in [6, 6.07) is 13.0. The molecule has 15 heteroatoms. The summed E-state index contributed by atoms with van der Waals surface area (Å²) in [5.41, 5.74) is 3.02. The molecular formula is C40H42N8O7. The molecule has 15 nitrogen and oxygen atoms in total. The first kappa shape index (κ1) is 35.9. The van der Waals surface area contributed by atoms with Crippen LogP contribution in [-0.2, 0) is 9.59 Å². The predicted octanol–water partition coefficient (Wildman–Crippen LogP) is 4.32. The van der Waals surface area contributed by atoms with Crippen LogP contribution in [0, 0.1) is 5.92 Å². The van der Waals surface area contributed by atoms with Crippen LogP contribution in [-0.4, -0.2) is 105 Å². The number of aromatic nitrogens is 3. The summed E-state index contributed by atoms with van der Waals surface area (Å²) < 4.78 is 8.12. The third kappa shape index (κ3) is 6.90. The number of ether oxygens (including phenoxy) is 1. The molecule has 2 aromatic heterocycles. The molecule has 0 spiro atoms. The Hall–Kier alpha value is -6.12. The number of hydrogen-bond acceptors (Lipinski definition) is 10. The molecule has 55 heavy (non-hydrogen) atoms. The van der Waals surface area contributed by atoms with Crippen LogP contribution < -0.4 is 15.4 Å². The molecule has 8 rings (SSSR count). The number of amides is 6. The van der Waals surface area contributed by atoms with Crippen molar-refractivity contribution in [3.8, 4) is 5.75 Å². The van der Waals surface area contributed by atoms with Gasteiger partial charge in [-0.1, -0.05) is 12.8 Å². The van der Waals surface area contributed by atoms with Crippen molar-refractivity contribution in [3.63, 3.8) is 0 Å². The second-order valence-electron chi connectivity index (χ2n) is 14.9. The number of likely N-dealkylation sites (tertiary alicyclic amines) is 1. The number of rotatable bonds is 9. The van der Waals surface area contributed by atoms with E-state index in [0.29, 0.717) is 42.7 Å². The molecule has 2 aromatic carbocycles. The van der Waals surface area contributed by atoms with Crippen molar-refractivity contribution in [2.75, 3.05) is 39.1 Å². The first-order valence-corrected chi connectivity index (χ1v) is 18.8. The van der Waals surface area contributed by atoms with Crippen LogP contribution in [0.1, 0.15) is 99.0 Å². The van der Waals surface area contributed by atoms with Crippen molar-refractivity contribution >= 4 is 58.1 Å². The molecule has 2 N–H and O–H groups in total. The number of benzene rings is 2. The zero-order valence-corrected chi connectivity index (χ0v) is 30.7. The van der Waals surface area contributed by atoms with Gasteiger partial charge in [0.2, 0.25) is 17.8 Å². The van der Waals surface area contributed by atoms with Gasteiger partial charge in [-0.25, -0.2) is 4.98 Å². The van der Waals surface area contributed by atoms with Crippen molar-refractivity contribution in [3.05, 3.63) is 77.1 Å². The lowest BCUT2D eigenvalue weighted by Crippen LogP contribution is -2.54. The molecule has 1 unspecified atom stereocenters. The summed E-state index contributed by atoms with van der Waals surface area (Å²) in [5, 5.41) is 6.27. The van der Waals surface area contributed by atoms with Gasteiger partial charge in [0.05, 0.1) is 17.7 Å². The van der Waals surface area contributed by atoms with E-state index in [0.717, 1.165) is 60.1 Å². The molecule has 1 saturated carbocycles. The largest absolute Gasteiger partial charge is 0.493 e. The highest BCUT2D eigenvalue weighted by Gasteiger charge is 2.44. The highest BCUT2D eigenvalue weighted by molar-refractivity contribution is 6.23. The van der Waals surface area contributed by atoms with E-state index in [1.54, 1.807) is 43.4 Å². The molecule has 0 bridgehead atoms. The zero-order chi connectivity index (χ0) is 38.4. The quantitative estimate of drug-likeness (QED) is 0.235. The average molecular weight is 747 g/mol. The number of carbonyl (C=O) groups is 6. The molecule has 1 atom stereocenters. The van der Waals surface area contributed by atoms with Crippen molar-refractivity contribution < 1.29 is 33.5 Å². The number of nitrogens with zero attached hydrogens (tertiary/aromatic N) is 6. The van der Waals surface area contributed by atoms with Crippen LogP contribution in [0.15, 0.2) is 54.7 Å². The van der Waals surface area contributed by atoms with Gasteiger partial charge in [-0.05, 0) is 86.6 Å². The molecule has 284 valence electrons. The van der Waals surface area contributed by atoms with Crippen LogP contribution in [0.5, 0.6) is 5.75 Å². The lowest BCUT2D eigenvalue weighted by molar-refractivity contribution is -0.136. The molecule has 6 amide bonds. The van der Waals surface area contributed by atoms with E-state index in [2.05, 4.69) is 20.2 Å². The summed E-state index contributed by atoms with van der Waals surface area (Å²) in [6.07, 6.45) is 7.61. The second-order valence-corrected chi connectivity index (χ2v) is 14.9. The number of piperidine rings is 2. The maximum atomic E-state index is 13.4. The van der Waals surface area contributed by atoms with Gasteiger partial charge in [0, 0.05) is 62.5 Å². The minimum atomic E-state index is -1.02. The highest BCUT2D eigenvalue weighted by Crippen LogP contribution is 2.35. The summed E-state index contributed by atoms with van der Waals surface area (Å²) >= 11 is 0. The van der Waals surface area contributed by atoms with Gasteiger partial charge in [0.25, 0.3) is 23.6 Å². The number of nitrogens with one attached hydrogen (secondary N) is 2. The molecule has 0 radical (unpaired) electrons. The monoisotopic (exact) mass is 746 g/mol. The Kier molecular flexibility index (Phi) is 9.53. The van der Waals surface area contributed by atoms with E-state index in [1.807, 2.05) is 23.1 Å². The summed E-state index contributed by atoms with van der Waals surface area (Å²) in [6.45, 7) is 1.52. The molecule has 4 aliphatic rings. The van der Waals surface area contributed by atoms with Crippen molar-refractivity contribution in [1.82, 2.24) is 34.6 Å². The number of fused-ring (bicyclic) bond motifs is 2. The van der Waals surface area contributed by atoms with Crippen molar-refractivity contribution in [1.29, 1.82) is 0 Å². The maximum Gasteiger partial charge on any atom is 0.270 e. The van der Waals surface area contributed by atoms with Gasteiger partial charge in [-0.2, -0.15) is 4.98 Å². The van der Waals surface area contributed by atoms with Gasteiger partial charge in [-0.15, -0.1) is 0 Å². The van der Waals surface area contributed by atoms with E-state index < -0.39 is 29.7 Å². The third-order valence-electron chi connectivity index (χ3n) is 11.1. The number of hydrogen-bond donors (Lipinski definition) is 2. The molecule has 3 aliphatic heterocycles. The van der Waals surface area contributed by atoms with E-state index >= 15 is 0 Å². The molecule has 4 aromatic rings. The van der Waals surface area contributed by atoms with Crippen LogP contribution in [0.3, 0.4) is 0 Å². The van der Waals surface area contributed by atoms with Crippen LogP contribution >= 0.6 is 0 Å². The number of anilines is 2. The van der Waals surface area contributed by atoms with Gasteiger partial charge in [0.1, 0.15) is 23.1 Å². The van der Waals surface area contributed by atoms with Gasteiger partial charge in [-0.3, -0.25) is 39.0 Å². The lowest BCUT2D eigenvalue weighted by atomic mass is 9.97. The third-order valence-corrected chi connectivity index (χ3v) is 11.1. The second kappa shape index (κ2) is 14.6. The van der Waals surface area contributed by atoms with Gasteiger partial charge in [0.15, 0.2) is 0 Å². The Morgan fingerprint density at radius 3 is 2.35 bits per heavy atom. The summed E-state index contributed by atoms with van der Waals surface area (Å²) in [4.78, 5) is 90.3. The molecule has 5 heterocycles. The minimum absolute atomic E-state index is 0.0562. The minimum Gasteiger partial charge on any atom is -0.493 e. The fraction of sp³-hybridized carbons (Fsp3) is 0.400. The lowest BCUT2D eigenvalue weighted by Gasteiger charge is -2.32. The molecule has 2 saturated heterocycles. The maximum absolute atomic E-state index is 13.4. The molecule has 1 aliphatic carbocycles. The van der Waals surface area contributed by atoms with Crippen LogP contribution in [0.2, 0.25) is 0 Å². The van der Waals surface area contributed by atoms with Gasteiger partial charge >= 0.3 is 0 Å². The number of carbonyl (C=O) groups excluding carboxylic acids is 6. The normalized spacial score (nSPS) is 19.2. The van der Waals surface area contributed by atoms with Crippen LogP contribution in [0.25, 0.3) is 11.0 Å². The molecular weight excluding hydrogens is 704 g/mol. The fourth-order valence-electron chi connectivity index (χ4n) is 8.06. The first-order chi connectivity index (χ1) is 26.5. The Labute approximate surface area is 317 Å². The smallest absolute Gasteiger partial charge is 0.270 e. The predicted molar refractivity (Wildman–Crippen MR) is 200 cm³/mol. The van der Waals surface area contributed by atoms with Crippen LogP contribution in [0.4, 0.5) is 11.6 Å². The van der Waals surface area contributed by atoms with E-state index in [9.17, 15) is 28.8 Å². The standard InChI is InChI=1S/C40H42N8O7/c1-45(2)39(54)32-19-25-21-41-40(44-34(25)47(32)27-5-3-4-6-27)42-26-9-7-24(8-10-26)36(51)46-17-15-23(16-18-46)22-55-28-11-12-29-30(20-28)38(53)48(37(29)52)31-13-14-33(49)43-35(31)50/h7-12,19-21,23,27,31H,3-6,13-18,22H2,1-2H3,(H,41,42,44)(H,43,49,50). The fourth-order valence-corrected chi connectivity index (χ4v) is 8.06. The average Bonchev–Trinajstić information content (AvgIpc) is 3.91. The van der Waals surface area contributed by atoms with E-state index in [-0.39, 0.29) is 47.7 Å². The Balaban J connectivity index is 0.853. The Bertz CT molecular complexity index is 2220. The van der Waals surface area contributed by atoms with Crippen molar-refractivity contribution in [2.24, 2.45) is 5.92 Å². The Morgan fingerprint density at radius 2 is 1.64 bits per heavy atom. The summed E-state index contributed by atoms with van der Waals surface area (Å²) in [5.74, 6) is -1.30. The topological polar surface area (TPSA) is 176 Å². The number of imide groups is 2. The first-order valence-electron chi connectivity index (χ1n) is 18.8. The van der Waals surface area contributed by atoms with Gasteiger partial charge < -0.3 is 24.4 Å². The SMILES string of the molecule is CN(C)C(=O)c1cc2cnc(Nc3ccc(C(=O)N4CCC(COc5ccc6c(c5)C(=O)N(C5CCC(=O)NC5=O)C6=O)CC4)cc3)nc2n1C1CCCC1. The molecule has 3 fully saturated rings. The van der Waals surface area contributed by atoms with E-state index in [4.69, 9.17) is 9.72 Å². The zero-order valence-electron chi connectivity index (χ0n) is 30.7. The van der Waals surface area contributed by atoms with Crippen molar-refractivity contribution in [2.45, 2.75) is 63.5 Å². The summed E-state index contributed by atoms with van der Waals surface area (Å²) in [7, 11) is 3.50. The Morgan fingerprint density at radius 1 is 0.909 bits per heavy atom.